The number of esters is 2. The van der Waals surface area contributed by atoms with Crippen LogP contribution < -0.4 is 31.3 Å². The van der Waals surface area contributed by atoms with E-state index in [2.05, 4.69) is 51.7 Å². The van der Waals surface area contributed by atoms with Gasteiger partial charge in [0.15, 0.2) is 0 Å². The molecule has 14 heteroatoms. The molecule has 2 aromatic heterocycles. The summed E-state index contributed by atoms with van der Waals surface area (Å²) >= 11 is 16.7. The van der Waals surface area contributed by atoms with Crippen LogP contribution in [0.15, 0.2) is 71.4 Å². The molecule has 0 bridgehead atoms. The largest absolute Gasteiger partial charge is 1.00 e. The van der Waals surface area contributed by atoms with Crippen molar-refractivity contribution in [1.82, 2.24) is 9.80 Å². The number of hydrogen-bond acceptors (Lipinski definition) is 10. The molecule has 0 spiro atoms. The molecule has 0 aliphatic carbocycles. The zero-order valence-electron chi connectivity index (χ0n) is 31.9. The Morgan fingerprint density at radius 2 is 1.24 bits per heavy atom. The molecular weight excluding hydrogens is 794 g/mol. The van der Waals surface area contributed by atoms with Crippen molar-refractivity contribution in [2.75, 3.05) is 26.3 Å². The summed E-state index contributed by atoms with van der Waals surface area (Å²) in [5.41, 5.74) is 5.01. The normalized spacial score (nSPS) is 14.9. The monoisotopic (exact) mass is 840 g/mol. The average Bonchev–Trinajstić information content (AvgIpc) is 3.84. The van der Waals surface area contributed by atoms with E-state index in [1.165, 1.54) is 20.9 Å². The Kier molecular flexibility index (Phi) is 22.8. The summed E-state index contributed by atoms with van der Waals surface area (Å²) in [4.78, 5) is 48.3. The second-order valence-corrected chi connectivity index (χ2v) is 15.6. The van der Waals surface area contributed by atoms with E-state index >= 15 is 0 Å². The molecule has 0 N–H and O–H groups in total. The van der Waals surface area contributed by atoms with Crippen molar-refractivity contribution < 1.29 is 59.9 Å². The fourth-order valence-electron chi connectivity index (χ4n) is 7.02. The Balaban J connectivity index is 0.000000344. The Morgan fingerprint density at radius 3 is 1.71 bits per heavy atom. The standard InChI is InChI=1S/C21H26ClNO2S.C19H22ClNO2S.CO2.ClH.Li/c1-3-15(21(24)25-4-2)13-19(17-7-5-6-8-18(17)22)23-11-9-20-16(14-23)10-12-26-20;1-2-23-19(22)8-7-17(15-5-3-4-6-16(15)20)21-11-9-18-14(13-21)10-12-24-18;2-1-3;;/h5-8,10,12,15,19H,3-4,9,11,13-14H2,1-2H3;3-6,10,12,17H,2,7-9,11,13H2,1H3;;1H;/q;;;;+1/p-1. The number of fused-ring (bicyclic) bond motifs is 2. The van der Waals surface area contributed by atoms with Crippen molar-refractivity contribution >= 4 is 64.0 Å². The van der Waals surface area contributed by atoms with Crippen LogP contribution in [-0.4, -0.2) is 54.2 Å². The Morgan fingerprint density at radius 1 is 0.764 bits per heavy atom. The van der Waals surface area contributed by atoms with Gasteiger partial charge in [0.2, 0.25) is 0 Å². The van der Waals surface area contributed by atoms with E-state index < -0.39 is 0 Å². The minimum absolute atomic E-state index is 0. The maximum absolute atomic E-state index is 12.4. The minimum atomic E-state index is -0.136. The molecule has 3 unspecified atom stereocenters. The number of carbonyl (C=O) groups excluding carboxylic acids is 4. The first-order chi connectivity index (χ1) is 25.7. The Hall–Kier alpha value is -2.45. The molecule has 4 aromatic rings. The molecule has 4 heterocycles. The molecule has 0 saturated heterocycles. The maximum Gasteiger partial charge on any atom is 1.00 e. The second kappa shape index (κ2) is 25.7. The summed E-state index contributed by atoms with van der Waals surface area (Å²) in [7, 11) is 0. The molecule has 0 fully saturated rings. The first-order valence-electron chi connectivity index (χ1n) is 18.1. The number of thiophene rings is 2. The van der Waals surface area contributed by atoms with E-state index in [0.717, 1.165) is 79.5 Å². The van der Waals surface area contributed by atoms with Gasteiger partial charge in [0.25, 0.3) is 0 Å². The second-order valence-electron chi connectivity index (χ2n) is 12.8. The maximum atomic E-state index is 12.4. The van der Waals surface area contributed by atoms with Crippen LogP contribution in [0, 0.1) is 5.92 Å². The number of nitrogens with zero attached hydrogens (tertiary/aromatic N) is 2. The predicted molar refractivity (Wildman–Crippen MR) is 211 cm³/mol. The van der Waals surface area contributed by atoms with Gasteiger partial charge < -0.3 is 21.9 Å². The van der Waals surface area contributed by atoms with Crippen LogP contribution in [0.5, 0.6) is 0 Å². The van der Waals surface area contributed by atoms with Crippen LogP contribution in [0.3, 0.4) is 0 Å². The third-order valence-corrected chi connectivity index (χ3v) is 12.4. The molecule has 6 rings (SSSR count). The van der Waals surface area contributed by atoms with Crippen LogP contribution in [0.4, 0.5) is 0 Å². The van der Waals surface area contributed by atoms with Crippen molar-refractivity contribution in [2.45, 2.75) is 84.5 Å². The third kappa shape index (κ3) is 14.2. The Bertz CT molecular complexity index is 1800. The quantitative estimate of drug-likeness (QED) is 0.149. The van der Waals surface area contributed by atoms with Crippen molar-refractivity contribution in [2.24, 2.45) is 5.92 Å². The average molecular weight is 842 g/mol. The van der Waals surface area contributed by atoms with Crippen LogP contribution in [0.1, 0.15) is 90.5 Å². The van der Waals surface area contributed by atoms with Gasteiger partial charge in [0.1, 0.15) is 0 Å². The molecule has 55 heavy (non-hydrogen) atoms. The van der Waals surface area contributed by atoms with E-state index in [0.29, 0.717) is 19.6 Å². The van der Waals surface area contributed by atoms with Crippen LogP contribution in [0.25, 0.3) is 0 Å². The number of halogens is 3. The van der Waals surface area contributed by atoms with Gasteiger partial charge in [-0.1, -0.05) is 66.5 Å². The van der Waals surface area contributed by atoms with E-state index in [1.54, 1.807) is 0 Å². The summed E-state index contributed by atoms with van der Waals surface area (Å²) in [5.74, 6) is -0.344. The van der Waals surface area contributed by atoms with Gasteiger partial charge in [-0.25, -0.2) is 0 Å². The first kappa shape index (κ1) is 48.7. The number of benzene rings is 2. The third-order valence-electron chi connectivity index (χ3n) is 9.63. The number of rotatable bonds is 13. The van der Waals surface area contributed by atoms with Gasteiger partial charge in [0, 0.05) is 64.5 Å². The number of carbonyl (C=O) groups is 2. The summed E-state index contributed by atoms with van der Waals surface area (Å²) < 4.78 is 10.4. The molecule has 0 saturated carbocycles. The topological polar surface area (TPSA) is 93.2 Å². The fourth-order valence-corrected chi connectivity index (χ4v) is 9.32. The smallest absolute Gasteiger partial charge is 1.00 e. The van der Waals surface area contributed by atoms with Gasteiger partial charge in [0.05, 0.1) is 19.1 Å². The Labute approximate surface area is 361 Å². The van der Waals surface area contributed by atoms with E-state index in [1.807, 2.05) is 72.9 Å². The molecule has 2 aliphatic rings. The SMILES string of the molecule is CCOC(=O)C(CC)CC(c1ccccc1Cl)N1CCc2sccc2C1.CCOC(=O)CCC(c1ccccc1Cl)N1CCc2sccc2C1.O=C=O.[Cl-].[Li+]. The molecule has 8 nitrogen and oxygen atoms in total. The van der Waals surface area contributed by atoms with Crippen molar-refractivity contribution in [3.8, 4) is 0 Å². The van der Waals surface area contributed by atoms with Gasteiger partial charge in [-0.15, -0.1) is 22.7 Å². The molecule has 2 aromatic carbocycles. The van der Waals surface area contributed by atoms with Gasteiger partial charge in [-0.2, -0.15) is 9.59 Å². The number of ether oxygens (including phenoxy) is 2. The predicted octanol–water partition coefficient (Wildman–Crippen LogP) is 3.75. The van der Waals surface area contributed by atoms with Crippen molar-refractivity contribution in [1.29, 1.82) is 0 Å². The zero-order chi connectivity index (χ0) is 38.2. The van der Waals surface area contributed by atoms with Crippen LogP contribution in [-0.2, 0) is 54.6 Å². The molecule has 292 valence electrons. The van der Waals surface area contributed by atoms with Crippen LogP contribution >= 0.6 is 45.9 Å². The first-order valence-corrected chi connectivity index (χ1v) is 20.6. The molecule has 3 atom stereocenters. The molecule has 0 amide bonds. The fraction of sp³-hybridized carbons (Fsp3) is 0.439. The molecular formula is C41H48Cl3LiN2O6S2. The summed E-state index contributed by atoms with van der Waals surface area (Å²) in [6, 6.07) is 20.7. The number of hydrogen-bond donors (Lipinski definition) is 0. The van der Waals surface area contributed by atoms with Gasteiger partial charge in [-0.05, 0) is 103 Å². The minimum Gasteiger partial charge on any atom is -1.00 e. The zero-order valence-corrected chi connectivity index (χ0v) is 35.8. The van der Waals surface area contributed by atoms with Gasteiger partial charge >= 0.3 is 37.0 Å². The van der Waals surface area contributed by atoms with E-state index in [-0.39, 0.29) is 67.4 Å². The van der Waals surface area contributed by atoms with Gasteiger partial charge in [-0.3, -0.25) is 19.4 Å². The summed E-state index contributed by atoms with van der Waals surface area (Å²) in [6.45, 7) is 10.4. The van der Waals surface area contributed by atoms with Crippen molar-refractivity contribution in [3.63, 3.8) is 0 Å². The summed E-state index contributed by atoms with van der Waals surface area (Å²) in [6.07, 6.45) is 5.02. The van der Waals surface area contributed by atoms with E-state index in [9.17, 15) is 9.59 Å². The van der Waals surface area contributed by atoms with Crippen LogP contribution in [0.2, 0.25) is 10.0 Å². The molecule has 0 radical (unpaired) electrons. The van der Waals surface area contributed by atoms with E-state index in [4.69, 9.17) is 42.3 Å². The van der Waals surface area contributed by atoms with Crippen molar-refractivity contribution in [3.05, 3.63) is 113 Å². The summed E-state index contributed by atoms with van der Waals surface area (Å²) in [5, 5.41) is 5.87. The molecule has 2 aliphatic heterocycles.